The molecule has 0 fully saturated rings. The fourth-order valence-corrected chi connectivity index (χ4v) is 5.36. The summed E-state index contributed by atoms with van der Waals surface area (Å²) >= 11 is 7.65. The van der Waals surface area contributed by atoms with Gasteiger partial charge in [-0.25, -0.2) is 4.98 Å². The zero-order valence-corrected chi connectivity index (χ0v) is 17.7. The maximum absolute atomic E-state index is 13.2. The van der Waals surface area contributed by atoms with E-state index in [9.17, 15) is 9.59 Å². The number of hydrogen-bond donors (Lipinski definition) is 1. The van der Waals surface area contributed by atoms with Crippen LogP contribution in [0.25, 0.3) is 10.2 Å². The van der Waals surface area contributed by atoms with E-state index < -0.39 is 0 Å². The quantitative estimate of drug-likeness (QED) is 0.685. The molecule has 28 heavy (non-hydrogen) atoms. The Labute approximate surface area is 172 Å². The molecule has 1 aromatic carbocycles. The molecule has 1 aliphatic carbocycles. The van der Waals surface area contributed by atoms with Gasteiger partial charge in [-0.2, -0.15) is 0 Å². The first-order valence-electron chi connectivity index (χ1n) is 9.41. The lowest BCUT2D eigenvalue weighted by Gasteiger charge is -2.17. The van der Waals surface area contributed by atoms with Crippen LogP contribution in [0.4, 0.5) is 5.69 Å². The summed E-state index contributed by atoms with van der Waals surface area (Å²) in [6.45, 7) is 5.85. The average Bonchev–Trinajstić information content (AvgIpc) is 2.98. The third-order valence-corrected chi connectivity index (χ3v) is 6.76. The molecule has 0 bridgehead atoms. The van der Waals surface area contributed by atoms with Crippen molar-refractivity contribution in [3.63, 3.8) is 0 Å². The number of nitrogens with one attached hydrogen (secondary N) is 1. The molecule has 7 heteroatoms. The average molecular weight is 416 g/mol. The highest BCUT2D eigenvalue weighted by Gasteiger charge is 2.24. The van der Waals surface area contributed by atoms with Crippen molar-refractivity contribution >= 4 is 44.7 Å². The van der Waals surface area contributed by atoms with E-state index in [4.69, 9.17) is 11.6 Å². The minimum absolute atomic E-state index is 0.0689. The van der Waals surface area contributed by atoms with Crippen molar-refractivity contribution in [3.05, 3.63) is 55.4 Å². The summed E-state index contributed by atoms with van der Waals surface area (Å²) in [7, 11) is 0. The van der Waals surface area contributed by atoms with E-state index in [-0.39, 0.29) is 18.0 Å². The minimum Gasteiger partial charge on any atom is -0.324 e. The Morgan fingerprint density at radius 2 is 2.18 bits per heavy atom. The molecule has 5 nitrogen and oxygen atoms in total. The van der Waals surface area contributed by atoms with Gasteiger partial charge >= 0.3 is 0 Å². The highest BCUT2D eigenvalue weighted by atomic mass is 35.5. The minimum atomic E-state index is -0.269. The lowest BCUT2D eigenvalue weighted by molar-refractivity contribution is -0.116. The maximum atomic E-state index is 13.2. The van der Waals surface area contributed by atoms with Gasteiger partial charge in [0.1, 0.15) is 17.2 Å². The number of aromatic nitrogens is 2. The van der Waals surface area contributed by atoms with E-state index in [0.717, 1.165) is 35.2 Å². The van der Waals surface area contributed by atoms with Gasteiger partial charge < -0.3 is 5.32 Å². The summed E-state index contributed by atoms with van der Waals surface area (Å²) in [5.41, 5.74) is 2.58. The van der Waals surface area contributed by atoms with Gasteiger partial charge in [-0.05, 0) is 62.3 Å². The van der Waals surface area contributed by atoms with Gasteiger partial charge in [0.25, 0.3) is 5.56 Å². The number of nitrogens with zero attached hydrogens (tertiary/aromatic N) is 2. The second kappa shape index (κ2) is 7.33. The lowest BCUT2D eigenvalue weighted by Crippen LogP contribution is -2.30. The largest absolute Gasteiger partial charge is 0.324 e. The van der Waals surface area contributed by atoms with Crippen molar-refractivity contribution in [3.8, 4) is 0 Å². The van der Waals surface area contributed by atoms with E-state index in [0.29, 0.717) is 27.8 Å². The number of anilines is 1. The number of fused-ring (bicyclic) bond motifs is 3. The second-order valence-electron chi connectivity index (χ2n) is 7.59. The molecular formula is C21H22ClN3O2S. The van der Waals surface area contributed by atoms with Gasteiger partial charge in [-0.1, -0.05) is 24.6 Å². The molecule has 0 saturated carbocycles. The number of hydrogen-bond acceptors (Lipinski definition) is 4. The van der Waals surface area contributed by atoms with Gasteiger partial charge in [0.15, 0.2) is 0 Å². The van der Waals surface area contributed by atoms with E-state index in [2.05, 4.69) is 17.2 Å². The van der Waals surface area contributed by atoms with E-state index in [1.807, 2.05) is 13.0 Å². The van der Waals surface area contributed by atoms with Gasteiger partial charge in [0, 0.05) is 15.6 Å². The van der Waals surface area contributed by atoms with E-state index in [1.54, 1.807) is 30.4 Å². The fraction of sp³-hybridized carbons (Fsp3) is 0.381. The standard InChI is InChI=1S/C21H22ClN3O2S/c1-11-4-7-15-17(8-11)28-20-19(15)21(27)25(13(3)23-20)10-18(26)24-16-9-14(22)6-5-12(16)2/h5-6,9,11H,4,7-8,10H2,1-3H3,(H,24,26). The normalized spacial score (nSPS) is 16.2. The van der Waals surface area contributed by atoms with Crippen molar-refractivity contribution in [2.24, 2.45) is 5.92 Å². The number of amides is 1. The van der Waals surface area contributed by atoms with Crippen molar-refractivity contribution in [1.82, 2.24) is 9.55 Å². The first-order chi connectivity index (χ1) is 13.3. The predicted octanol–water partition coefficient (Wildman–Crippen LogP) is 4.49. The zero-order chi connectivity index (χ0) is 20.0. The van der Waals surface area contributed by atoms with Crippen molar-refractivity contribution in [1.29, 1.82) is 0 Å². The van der Waals surface area contributed by atoms with Crippen LogP contribution in [0.15, 0.2) is 23.0 Å². The van der Waals surface area contributed by atoms with Crippen LogP contribution < -0.4 is 10.9 Å². The molecule has 3 aromatic rings. The number of thiophene rings is 1. The van der Waals surface area contributed by atoms with Crippen LogP contribution in [-0.4, -0.2) is 15.5 Å². The lowest BCUT2D eigenvalue weighted by atomic mass is 9.89. The summed E-state index contributed by atoms with van der Waals surface area (Å²) in [4.78, 5) is 32.5. The van der Waals surface area contributed by atoms with Crippen molar-refractivity contribution < 1.29 is 4.79 Å². The molecule has 4 rings (SSSR count). The van der Waals surface area contributed by atoms with Crippen LogP contribution in [0.3, 0.4) is 0 Å². The molecule has 1 amide bonds. The van der Waals surface area contributed by atoms with Crippen LogP contribution >= 0.6 is 22.9 Å². The zero-order valence-electron chi connectivity index (χ0n) is 16.1. The van der Waals surface area contributed by atoms with Crippen LogP contribution in [-0.2, 0) is 24.2 Å². The summed E-state index contributed by atoms with van der Waals surface area (Å²) in [5, 5.41) is 4.11. The Balaban J connectivity index is 1.68. The topological polar surface area (TPSA) is 64.0 Å². The molecule has 1 atom stereocenters. The van der Waals surface area contributed by atoms with Crippen LogP contribution in [0.1, 0.15) is 35.2 Å². The Bertz CT molecular complexity index is 1150. The molecule has 0 spiro atoms. The van der Waals surface area contributed by atoms with Crippen LogP contribution in [0, 0.1) is 19.8 Å². The molecule has 0 radical (unpaired) electrons. The number of carbonyl (C=O) groups is 1. The van der Waals surface area contributed by atoms with Gasteiger partial charge in [0.2, 0.25) is 5.91 Å². The van der Waals surface area contributed by atoms with Gasteiger partial charge in [-0.15, -0.1) is 11.3 Å². The SMILES string of the molecule is Cc1ccc(Cl)cc1NC(=O)Cn1c(C)nc2sc3c(c2c1=O)CCC(C)C3. The van der Waals surface area contributed by atoms with Gasteiger partial charge in [0.05, 0.1) is 5.39 Å². The number of benzene rings is 1. The Morgan fingerprint density at radius 1 is 1.39 bits per heavy atom. The van der Waals surface area contributed by atoms with Crippen molar-refractivity contribution in [2.45, 2.75) is 46.6 Å². The Hall–Kier alpha value is -2.18. The smallest absolute Gasteiger partial charge is 0.263 e. The molecule has 146 valence electrons. The fourth-order valence-electron chi connectivity index (χ4n) is 3.77. The van der Waals surface area contributed by atoms with Crippen LogP contribution in [0.5, 0.6) is 0 Å². The molecule has 1 aliphatic rings. The Morgan fingerprint density at radius 3 is 2.96 bits per heavy atom. The third-order valence-electron chi connectivity index (χ3n) is 5.38. The number of halogens is 1. The highest BCUT2D eigenvalue weighted by molar-refractivity contribution is 7.18. The molecule has 1 unspecified atom stereocenters. The van der Waals surface area contributed by atoms with Gasteiger partial charge in [-0.3, -0.25) is 14.2 Å². The number of aryl methyl sites for hydroxylation is 3. The highest BCUT2D eigenvalue weighted by Crippen LogP contribution is 2.35. The summed E-state index contributed by atoms with van der Waals surface area (Å²) in [6, 6.07) is 5.34. The van der Waals surface area contributed by atoms with E-state index >= 15 is 0 Å². The number of rotatable bonds is 3. The summed E-state index contributed by atoms with van der Waals surface area (Å²) < 4.78 is 1.47. The first kappa shape index (κ1) is 19.2. The molecule has 2 heterocycles. The predicted molar refractivity (Wildman–Crippen MR) is 115 cm³/mol. The molecular weight excluding hydrogens is 394 g/mol. The van der Waals surface area contributed by atoms with Crippen LogP contribution in [0.2, 0.25) is 5.02 Å². The summed E-state index contributed by atoms with van der Waals surface area (Å²) in [6.07, 6.45) is 2.99. The first-order valence-corrected chi connectivity index (χ1v) is 10.6. The molecule has 0 saturated heterocycles. The maximum Gasteiger partial charge on any atom is 0.263 e. The monoisotopic (exact) mass is 415 g/mol. The van der Waals surface area contributed by atoms with E-state index in [1.165, 1.54) is 9.44 Å². The Kier molecular flexibility index (Phi) is 5.02. The molecule has 1 N–H and O–H groups in total. The summed E-state index contributed by atoms with van der Waals surface area (Å²) in [5.74, 6) is 0.923. The molecule has 0 aliphatic heterocycles. The molecule has 2 aromatic heterocycles. The second-order valence-corrected chi connectivity index (χ2v) is 9.11. The third kappa shape index (κ3) is 3.47. The number of carbonyl (C=O) groups excluding carboxylic acids is 1. The van der Waals surface area contributed by atoms with Crippen molar-refractivity contribution in [2.75, 3.05) is 5.32 Å².